The van der Waals surface area contributed by atoms with Gasteiger partial charge in [0.25, 0.3) is 0 Å². The van der Waals surface area contributed by atoms with Gasteiger partial charge in [0.1, 0.15) is 16.7 Å². The average molecular weight is 768 g/mol. The van der Waals surface area contributed by atoms with Gasteiger partial charge in [-0.15, -0.1) is 0 Å². The van der Waals surface area contributed by atoms with E-state index < -0.39 is 0 Å². The largest absolute Gasteiger partial charge is 0.456 e. The molecule has 0 unspecified atom stereocenters. The van der Waals surface area contributed by atoms with Crippen LogP contribution < -0.4 is 4.90 Å². The molecular formula is C57H37NO2. The van der Waals surface area contributed by atoms with Crippen molar-refractivity contribution in [2.45, 2.75) is 19.3 Å². The van der Waals surface area contributed by atoms with Gasteiger partial charge in [-0.2, -0.15) is 0 Å². The molecule has 60 heavy (non-hydrogen) atoms. The van der Waals surface area contributed by atoms with Crippen LogP contribution >= 0.6 is 0 Å². The van der Waals surface area contributed by atoms with Crippen molar-refractivity contribution >= 4 is 93.3 Å². The van der Waals surface area contributed by atoms with Crippen LogP contribution in [0.3, 0.4) is 0 Å². The van der Waals surface area contributed by atoms with Crippen molar-refractivity contribution in [3.8, 4) is 22.3 Å². The molecule has 0 atom stereocenters. The molecule has 2 heterocycles. The molecule has 0 spiro atoms. The Morgan fingerprint density at radius 1 is 0.367 bits per heavy atom. The van der Waals surface area contributed by atoms with E-state index in [2.05, 4.69) is 201 Å². The molecule has 3 nitrogen and oxygen atoms in total. The first-order valence-corrected chi connectivity index (χ1v) is 20.8. The smallest absolute Gasteiger partial charge is 0.160 e. The first kappa shape index (κ1) is 33.4. The van der Waals surface area contributed by atoms with E-state index in [0.29, 0.717) is 0 Å². The Bertz CT molecular complexity index is 3720. The lowest BCUT2D eigenvalue weighted by Gasteiger charge is -2.28. The molecule has 3 heteroatoms. The molecule has 1 aliphatic carbocycles. The molecular weight excluding hydrogens is 731 g/mol. The van der Waals surface area contributed by atoms with E-state index in [1.165, 1.54) is 54.6 Å². The van der Waals surface area contributed by atoms with Crippen molar-refractivity contribution in [2.75, 3.05) is 4.90 Å². The standard InChI is InChI=1S/C57H37NO2/c1-57(2)47-22-12-10-20-43(47)44-27-25-36(33-48(44)57)58(35-14-4-3-5-15-35)49-29-28-37(54-55-52(60-56(49)54)31-30-51-53(55)45-21-11-13-23-50(45)59-51)34-24-26-42-40-18-7-6-16-38(40)39-17-8-9-19-41(39)46(42)32-34/h3-33H,1-2H3. The molecule has 2 aromatic heterocycles. The van der Waals surface area contributed by atoms with Crippen molar-refractivity contribution in [1.29, 1.82) is 0 Å². The normalized spacial score (nSPS) is 13.3. The maximum atomic E-state index is 7.21. The zero-order chi connectivity index (χ0) is 39.7. The Labute approximate surface area is 346 Å². The number of fused-ring (bicyclic) bond motifs is 16. The van der Waals surface area contributed by atoms with Gasteiger partial charge < -0.3 is 13.7 Å². The SMILES string of the molecule is CC1(C)c2ccccc2-c2ccc(N(c3ccccc3)c3ccc(-c4ccc5c6ccccc6c6ccccc6c5c4)c4c3oc3ccc5oc6ccccc6c5c34)cc21. The fourth-order valence-electron chi connectivity index (χ4n) is 10.5. The summed E-state index contributed by atoms with van der Waals surface area (Å²) in [6, 6.07) is 68.1. The van der Waals surface area contributed by atoms with Crippen molar-refractivity contribution < 1.29 is 8.83 Å². The molecule has 0 N–H and O–H groups in total. The first-order valence-electron chi connectivity index (χ1n) is 20.8. The third-order valence-electron chi connectivity index (χ3n) is 13.2. The monoisotopic (exact) mass is 767 g/mol. The zero-order valence-corrected chi connectivity index (χ0v) is 33.2. The van der Waals surface area contributed by atoms with E-state index in [1.807, 2.05) is 6.07 Å². The summed E-state index contributed by atoms with van der Waals surface area (Å²) in [6.45, 7) is 4.69. The van der Waals surface area contributed by atoms with Gasteiger partial charge in [0, 0.05) is 38.3 Å². The topological polar surface area (TPSA) is 29.5 Å². The van der Waals surface area contributed by atoms with Crippen LogP contribution in [0.1, 0.15) is 25.0 Å². The third kappa shape index (κ3) is 4.55. The highest BCUT2D eigenvalue weighted by Gasteiger charge is 2.36. The molecule has 0 bridgehead atoms. The summed E-state index contributed by atoms with van der Waals surface area (Å²) < 4.78 is 13.7. The Hall–Kier alpha value is -7.62. The van der Waals surface area contributed by atoms with Gasteiger partial charge in [0.2, 0.25) is 0 Å². The highest BCUT2D eigenvalue weighted by molar-refractivity contribution is 6.31. The van der Waals surface area contributed by atoms with Crippen LogP contribution in [0.15, 0.2) is 197 Å². The number of benzene rings is 10. The Morgan fingerprint density at radius 3 is 1.73 bits per heavy atom. The van der Waals surface area contributed by atoms with Crippen molar-refractivity contribution in [3.63, 3.8) is 0 Å². The molecule has 13 rings (SSSR count). The van der Waals surface area contributed by atoms with Crippen molar-refractivity contribution in [2.24, 2.45) is 0 Å². The minimum absolute atomic E-state index is 0.150. The lowest BCUT2D eigenvalue weighted by Crippen LogP contribution is -2.16. The Morgan fingerprint density at radius 2 is 0.967 bits per heavy atom. The average Bonchev–Trinajstić information content (AvgIpc) is 3.95. The first-order chi connectivity index (χ1) is 29.5. The van der Waals surface area contributed by atoms with Crippen LogP contribution in [0.2, 0.25) is 0 Å². The molecule has 12 aromatic rings. The molecule has 0 aliphatic heterocycles. The van der Waals surface area contributed by atoms with Crippen molar-refractivity contribution in [3.05, 3.63) is 199 Å². The minimum Gasteiger partial charge on any atom is -0.456 e. The van der Waals surface area contributed by atoms with Gasteiger partial charge in [0.05, 0.1) is 5.69 Å². The summed E-state index contributed by atoms with van der Waals surface area (Å²) in [5, 5.41) is 11.8. The lowest BCUT2D eigenvalue weighted by atomic mass is 9.82. The molecule has 282 valence electrons. The number of anilines is 3. The summed E-state index contributed by atoms with van der Waals surface area (Å²) in [6.07, 6.45) is 0. The Balaban J connectivity index is 1.13. The predicted molar refractivity (Wildman–Crippen MR) is 251 cm³/mol. The van der Waals surface area contributed by atoms with Crippen LogP contribution in [0.5, 0.6) is 0 Å². The van der Waals surface area contributed by atoms with Crippen LogP contribution in [-0.2, 0) is 5.41 Å². The fraction of sp³-hybridized carbons (Fsp3) is 0.0526. The van der Waals surface area contributed by atoms with E-state index >= 15 is 0 Å². The summed E-state index contributed by atoms with van der Waals surface area (Å²) in [4.78, 5) is 2.37. The molecule has 0 fully saturated rings. The summed E-state index contributed by atoms with van der Waals surface area (Å²) in [5.74, 6) is 0. The van der Waals surface area contributed by atoms with E-state index in [0.717, 1.165) is 72.1 Å². The molecule has 0 saturated carbocycles. The molecule has 0 radical (unpaired) electrons. The van der Waals surface area contributed by atoms with E-state index in [-0.39, 0.29) is 5.41 Å². The third-order valence-corrected chi connectivity index (χ3v) is 13.2. The van der Waals surface area contributed by atoms with Crippen LogP contribution in [0, 0.1) is 0 Å². The number of para-hydroxylation sites is 2. The van der Waals surface area contributed by atoms with Crippen molar-refractivity contribution in [1.82, 2.24) is 0 Å². The molecule has 0 amide bonds. The number of furan rings is 2. The lowest BCUT2D eigenvalue weighted by molar-refractivity contribution is 0.660. The zero-order valence-electron chi connectivity index (χ0n) is 33.2. The second-order valence-corrected chi connectivity index (χ2v) is 16.8. The predicted octanol–water partition coefficient (Wildman–Crippen LogP) is 16.4. The summed E-state index contributed by atoms with van der Waals surface area (Å²) in [5.41, 5.74) is 13.9. The van der Waals surface area contributed by atoms with Crippen LogP contribution in [0.4, 0.5) is 17.1 Å². The number of hydrogen-bond donors (Lipinski definition) is 0. The number of nitrogens with zero attached hydrogens (tertiary/aromatic N) is 1. The van der Waals surface area contributed by atoms with E-state index in [4.69, 9.17) is 8.83 Å². The number of rotatable bonds is 4. The second kappa shape index (κ2) is 12.2. The van der Waals surface area contributed by atoms with Crippen LogP contribution in [-0.4, -0.2) is 0 Å². The fourth-order valence-corrected chi connectivity index (χ4v) is 10.5. The molecule has 1 aliphatic rings. The van der Waals surface area contributed by atoms with E-state index in [1.54, 1.807) is 0 Å². The van der Waals surface area contributed by atoms with Gasteiger partial charge in [-0.3, -0.25) is 0 Å². The van der Waals surface area contributed by atoms with Gasteiger partial charge in [-0.05, 0) is 120 Å². The number of hydrogen-bond acceptors (Lipinski definition) is 3. The highest BCUT2D eigenvalue weighted by atomic mass is 16.3. The second-order valence-electron chi connectivity index (χ2n) is 16.8. The summed E-state index contributed by atoms with van der Waals surface area (Å²) in [7, 11) is 0. The maximum absolute atomic E-state index is 7.21. The molecule has 10 aromatic carbocycles. The van der Waals surface area contributed by atoms with Gasteiger partial charge in [0.15, 0.2) is 5.58 Å². The van der Waals surface area contributed by atoms with E-state index in [9.17, 15) is 0 Å². The maximum Gasteiger partial charge on any atom is 0.160 e. The highest BCUT2D eigenvalue weighted by Crippen LogP contribution is 2.53. The minimum atomic E-state index is -0.150. The quantitative estimate of drug-likeness (QED) is 0.167. The van der Waals surface area contributed by atoms with Gasteiger partial charge in [-0.25, -0.2) is 0 Å². The van der Waals surface area contributed by atoms with Gasteiger partial charge >= 0.3 is 0 Å². The van der Waals surface area contributed by atoms with Gasteiger partial charge in [-0.1, -0.05) is 147 Å². The molecule has 0 saturated heterocycles. The summed E-state index contributed by atoms with van der Waals surface area (Å²) >= 11 is 0. The Kier molecular flexibility index (Phi) is 6.78. The van der Waals surface area contributed by atoms with Crippen LogP contribution in [0.25, 0.3) is 98.4 Å².